The molecule has 12 heavy (non-hydrogen) atoms. The van der Waals surface area contributed by atoms with Crippen LogP contribution in [0.1, 0.15) is 25.7 Å². The van der Waals surface area contributed by atoms with Crippen LogP contribution in [0.5, 0.6) is 0 Å². The number of nitrogens with one attached hydrogen (secondary N) is 1. The van der Waals surface area contributed by atoms with Crippen LogP contribution in [0.3, 0.4) is 0 Å². The topological polar surface area (TPSA) is 38.3 Å². The molecule has 0 amide bonds. The number of carbonyl (C=O) groups excluding carboxylic acids is 1. The first-order valence-corrected chi connectivity index (χ1v) is 4.11. The standard InChI is InChI=1S/C8H13NO2.ClH/c1-11-7(10)6-2-3-8(9-6)4-5-8;/h6,9H,2-5H2,1H3;1H/t6-;/m1./s1. The maximum Gasteiger partial charge on any atom is 0.322 e. The molecule has 0 aromatic carbocycles. The van der Waals surface area contributed by atoms with Gasteiger partial charge in [-0.3, -0.25) is 10.1 Å². The first-order valence-electron chi connectivity index (χ1n) is 4.11. The van der Waals surface area contributed by atoms with Gasteiger partial charge < -0.3 is 4.74 Å². The van der Waals surface area contributed by atoms with Crippen LogP contribution in [0.25, 0.3) is 0 Å². The molecular weight excluding hydrogens is 178 g/mol. The molecule has 0 bridgehead atoms. The number of hydrogen-bond acceptors (Lipinski definition) is 3. The summed E-state index contributed by atoms with van der Waals surface area (Å²) in [6.45, 7) is 0. The zero-order chi connectivity index (χ0) is 7.90. The van der Waals surface area contributed by atoms with E-state index in [0.29, 0.717) is 5.54 Å². The molecule has 1 aliphatic carbocycles. The number of esters is 1. The number of hydrogen-bond donors (Lipinski definition) is 1. The van der Waals surface area contributed by atoms with Gasteiger partial charge in [0.15, 0.2) is 0 Å². The second-order valence-electron chi connectivity index (χ2n) is 3.54. The highest BCUT2D eigenvalue weighted by atomic mass is 35.5. The van der Waals surface area contributed by atoms with Crippen molar-refractivity contribution in [1.82, 2.24) is 5.32 Å². The van der Waals surface area contributed by atoms with Crippen LogP contribution in [0, 0.1) is 0 Å². The van der Waals surface area contributed by atoms with Crippen molar-refractivity contribution in [3.05, 3.63) is 0 Å². The Labute approximate surface area is 78.3 Å². The molecule has 1 atom stereocenters. The Kier molecular flexibility index (Phi) is 2.64. The van der Waals surface area contributed by atoms with Gasteiger partial charge in [-0.1, -0.05) is 0 Å². The number of rotatable bonds is 1. The third-order valence-electron chi connectivity index (χ3n) is 2.73. The molecule has 4 heteroatoms. The smallest absolute Gasteiger partial charge is 0.322 e. The van der Waals surface area contributed by atoms with Gasteiger partial charge in [0.05, 0.1) is 7.11 Å². The van der Waals surface area contributed by atoms with Gasteiger partial charge >= 0.3 is 5.97 Å². The third kappa shape index (κ3) is 1.57. The van der Waals surface area contributed by atoms with Gasteiger partial charge in [0.1, 0.15) is 6.04 Å². The molecule has 3 nitrogen and oxygen atoms in total. The van der Waals surface area contributed by atoms with Crippen LogP contribution in [0.15, 0.2) is 0 Å². The fraction of sp³-hybridized carbons (Fsp3) is 0.875. The highest BCUT2D eigenvalue weighted by molar-refractivity contribution is 5.85. The normalized spacial score (nSPS) is 29.6. The number of ether oxygens (including phenoxy) is 1. The first kappa shape index (κ1) is 9.81. The predicted octanol–water partition coefficient (Wildman–Crippen LogP) is 0.866. The summed E-state index contributed by atoms with van der Waals surface area (Å²) >= 11 is 0. The zero-order valence-electron chi connectivity index (χ0n) is 7.13. The van der Waals surface area contributed by atoms with Crippen molar-refractivity contribution >= 4 is 18.4 Å². The molecule has 0 aromatic rings. The summed E-state index contributed by atoms with van der Waals surface area (Å²) in [5.41, 5.74) is 0.346. The van der Waals surface area contributed by atoms with E-state index in [9.17, 15) is 4.79 Å². The van der Waals surface area contributed by atoms with E-state index in [-0.39, 0.29) is 24.4 Å². The van der Waals surface area contributed by atoms with Crippen molar-refractivity contribution in [1.29, 1.82) is 0 Å². The van der Waals surface area contributed by atoms with Crippen LogP contribution in [-0.2, 0) is 9.53 Å². The van der Waals surface area contributed by atoms with Gasteiger partial charge in [-0.25, -0.2) is 0 Å². The minimum Gasteiger partial charge on any atom is -0.468 e. The Morgan fingerprint density at radius 2 is 2.17 bits per heavy atom. The van der Waals surface area contributed by atoms with Gasteiger partial charge in [0.25, 0.3) is 0 Å². The second kappa shape index (κ2) is 3.23. The van der Waals surface area contributed by atoms with Crippen molar-refractivity contribution in [2.24, 2.45) is 0 Å². The summed E-state index contributed by atoms with van der Waals surface area (Å²) in [6.07, 6.45) is 4.57. The van der Waals surface area contributed by atoms with Gasteiger partial charge in [-0.05, 0) is 25.7 Å². The summed E-state index contributed by atoms with van der Waals surface area (Å²) in [5.74, 6) is -0.103. The van der Waals surface area contributed by atoms with E-state index in [1.807, 2.05) is 0 Å². The first-order chi connectivity index (χ1) is 5.26. The van der Waals surface area contributed by atoms with Gasteiger partial charge in [0.2, 0.25) is 0 Å². The molecule has 1 saturated carbocycles. The van der Waals surface area contributed by atoms with E-state index in [4.69, 9.17) is 0 Å². The van der Waals surface area contributed by atoms with Crippen LogP contribution < -0.4 is 5.32 Å². The lowest BCUT2D eigenvalue weighted by atomic mass is 10.2. The Balaban J connectivity index is 0.000000720. The molecule has 70 valence electrons. The van der Waals surface area contributed by atoms with Gasteiger partial charge in [-0.15, -0.1) is 12.4 Å². The monoisotopic (exact) mass is 191 g/mol. The molecule has 1 heterocycles. The van der Waals surface area contributed by atoms with Crippen molar-refractivity contribution in [2.45, 2.75) is 37.3 Å². The Hall–Kier alpha value is -0.280. The maximum absolute atomic E-state index is 11.0. The van der Waals surface area contributed by atoms with Crippen LogP contribution in [0.2, 0.25) is 0 Å². The molecule has 1 spiro atoms. The predicted molar refractivity (Wildman–Crippen MR) is 47.4 cm³/mol. The Morgan fingerprint density at radius 3 is 2.58 bits per heavy atom. The fourth-order valence-corrected chi connectivity index (χ4v) is 1.80. The lowest BCUT2D eigenvalue weighted by Gasteiger charge is -2.09. The number of carbonyl (C=O) groups is 1. The quantitative estimate of drug-likeness (QED) is 0.625. The summed E-state index contributed by atoms with van der Waals surface area (Å²) in [6, 6.07) is -0.0255. The highest BCUT2D eigenvalue weighted by Crippen LogP contribution is 2.44. The van der Waals surface area contributed by atoms with E-state index >= 15 is 0 Å². The molecule has 2 fully saturated rings. The molecule has 1 aliphatic heterocycles. The van der Waals surface area contributed by atoms with Crippen molar-refractivity contribution < 1.29 is 9.53 Å². The van der Waals surface area contributed by atoms with E-state index in [0.717, 1.165) is 12.8 Å². The molecule has 1 N–H and O–H groups in total. The molecule has 2 rings (SSSR count). The van der Waals surface area contributed by atoms with Gasteiger partial charge in [-0.2, -0.15) is 0 Å². The minimum atomic E-state index is -0.103. The summed E-state index contributed by atoms with van der Waals surface area (Å²) in [7, 11) is 1.45. The minimum absolute atomic E-state index is 0. The molecule has 0 radical (unpaired) electrons. The average molecular weight is 192 g/mol. The van der Waals surface area contributed by atoms with Gasteiger partial charge in [0, 0.05) is 5.54 Å². The lowest BCUT2D eigenvalue weighted by Crippen LogP contribution is -2.37. The zero-order valence-corrected chi connectivity index (χ0v) is 7.95. The SMILES string of the molecule is COC(=O)[C@H]1CCC2(CC2)N1.Cl. The number of halogens is 1. The molecule has 0 unspecified atom stereocenters. The van der Waals surface area contributed by atoms with Crippen molar-refractivity contribution in [3.8, 4) is 0 Å². The largest absolute Gasteiger partial charge is 0.468 e. The average Bonchev–Trinajstić information content (AvgIpc) is 2.61. The van der Waals surface area contributed by atoms with E-state index in [1.165, 1.54) is 20.0 Å². The van der Waals surface area contributed by atoms with Crippen molar-refractivity contribution in [2.75, 3.05) is 7.11 Å². The molecule has 0 aromatic heterocycles. The van der Waals surface area contributed by atoms with Crippen molar-refractivity contribution in [3.63, 3.8) is 0 Å². The summed E-state index contributed by atoms with van der Waals surface area (Å²) in [4.78, 5) is 11.0. The van der Waals surface area contributed by atoms with E-state index in [2.05, 4.69) is 10.1 Å². The number of methoxy groups -OCH3 is 1. The third-order valence-corrected chi connectivity index (χ3v) is 2.73. The highest BCUT2D eigenvalue weighted by Gasteiger charge is 2.49. The van der Waals surface area contributed by atoms with E-state index in [1.54, 1.807) is 0 Å². The summed E-state index contributed by atoms with van der Waals surface area (Å²) < 4.78 is 4.65. The van der Waals surface area contributed by atoms with Crippen LogP contribution >= 0.6 is 12.4 Å². The van der Waals surface area contributed by atoms with Crippen LogP contribution in [-0.4, -0.2) is 24.7 Å². The molecule has 2 aliphatic rings. The Bertz CT molecular complexity index is 191. The lowest BCUT2D eigenvalue weighted by molar-refractivity contribution is -0.142. The molecule has 1 saturated heterocycles. The summed E-state index contributed by atoms with van der Waals surface area (Å²) in [5, 5.41) is 3.32. The van der Waals surface area contributed by atoms with Crippen LogP contribution in [0.4, 0.5) is 0 Å². The fourth-order valence-electron chi connectivity index (χ4n) is 1.80. The maximum atomic E-state index is 11.0. The second-order valence-corrected chi connectivity index (χ2v) is 3.54. The van der Waals surface area contributed by atoms with E-state index < -0.39 is 0 Å². The Morgan fingerprint density at radius 1 is 1.50 bits per heavy atom. The molecular formula is C8H14ClNO2.